The summed E-state index contributed by atoms with van der Waals surface area (Å²) in [6, 6.07) is 21.2. The molecule has 2 aromatic heterocycles. The first-order valence-electron chi connectivity index (χ1n) is 17.9. The molecule has 6 aromatic rings. The van der Waals surface area contributed by atoms with Crippen molar-refractivity contribution in [3.05, 3.63) is 112 Å². The number of hydrogen-bond donors (Lipinski definition) is 0. The number of halogens is 2. The first-order chi connectivity index (χ1) is 26.0. The van der Waals surface area contributed by atoms with Crippen LogP contribution in [-0.4, -0.2) is 59.6 Å². The van der Waals surface area contributed by atoms with E-state index in [0.717, 1.165) is 44.1 Å². The Kier molecular flexibility index (Phi) is 10.7. The van der Waals surface area contributed by atoms with Crippen molar-refractivity contribution in [3.8, 4) is 22.6 Å². The van der Waals surface area contributed by atoms with Crippen LogP contribution in [0.4, 0.5) is 4.39 Å². The molecule has 0 bridgehead atoms. The van der Waals surface area contributed by atoms with Gasteiger partial charge in [-0.3, -0.25) is 4.68 Å². The number of sulfonamides is 1. The molecule has 0 unspecified atom stereocenters. The lowest BCUT2D eigenvalue weighted by molar-refractivity contribution is 0.0587. The SMILES string of the molecule is CCc1c2c(nn1C)CN(Cc1ccc(OC)cc1)S(=O)(=O)CCCn1c(C(=O)OC)c(CCCOc3cccc4cc(F)ccc34)c3ccc(Cl)c-2c31. The standard InChI is InChI=1S/C41H42ClFN4O6S/c1-5-35-38-34(44-45(35)2)25-46(24-26-12-15-29(51-3)16-13-26)54(49,50)22-8-20-47-39-32(18-19-33(42)37(38)39)31(40(47)41(48)52-4)10-7-21-53-36-11-6-9-27-23-28(43)14-17-30(27)36/h6,9,11-19,23H,5,7-8,10,20-22,24-25H2,1-4H3. The summed E-state index contributed by atoms with van der Waals surface area (Å²) in [4.78, 5) is 13.8. The number of esters is 1. The van der Waals surface area contributed by atoms with E-state index in [1.165, 1.54) is 23.5 Å². The fraction of sp³-hybridized carbons (Fsp3) is 0.317. The molecule has 0 atom stereocenters. The van der Waals surface area contributed by atoms with Crippen molar-refractivity contribution >= 4 is 49.3 Å². The van der Waals surface area contributed by atoms with Crippen LogP contribution < -0.4 is 9.47 Å². The molecule has 13 heteroatoms. The molecule has 4 aromatic carbocycles. The van der Waals surface area contributed by atoms with Crippen molar-refractivity contribution in [2.24, 2.45) is 7.05 Å². The van der Waals surface area contributed by atoms with Crippen LogP contribution in [0.1, 0.15) is 52.8 Å². The molecular formula is C41H42ClFN4O6S. The van der Waals surface area contributed by atoms with Gasteiger partial charge in [0, 0.05) is 47.7 Å². The molecule has 3 heterocycles. The molecule has 282 valence electrons. The van der Waals surface area contributed by atoms with E-state index in [4.69, 9.17) is 30.9 Å². The van der Waals surface area contributed by atoms with Crippen LogP contribution in [0, 0.1) is 5.82 Å². The number of carbonyl (C=O) groups excluding carboxylic acids is 1. The molecule has 0 fully saturated rings. The average Bonchev–Trinajstić information content (AvgIpc) is 3.64. The van der Waals surface area contributed by atoms with Gasteiger partial charge >= 0.3 is 5.97 Å². The summed E-state index contributed by atoms with van der Waals surface area (Å²) in [5, 5.41) is 7.74. The topological polar surface area (TPSA) is 105 Å². The van der Waals surface area contributed by atoms with Crippen molar-refractivity contribution in [1.29, 1.82) is 0 Å². The minimum atomic E-state index is -3.81. The van der Waals surface area contributed by atoms with Gasteiger partial charge < -0.3 is 18.8 Å². The van der Waals surface area contributed by atoms with Crippen molar-refractivity contribution in [2.75, 3.05) is 26.6 Å². The molecule has 1 aliphatic heterocycles. The number of ether oxygens (including phenoxy) is 3. The van der Waals surface area contributed by atoms with Gasteiger partial charge in [-0.25, -0.2) is 17.6 Å². The summed E-state index contributed by atoms with van der Waals surface area (Å²) in [6.07, 6.45) is 1.85. The second-order valence-electron chi connectivity index (χ2n) is 13.4. The molecule has 0 saturated carbocycles. The first-order valence-corrected chi connectivity index (χ1v) is 19.9. The molecule has 0 aliphatic carbocycles. The number of aryl methyl sites for hydroxylation is 3. The number of aromatic nitrogens is 3. The zero-order chi connectivity index (χ0) is 38.1. The summed E-state index contributed by atoms with van der Waals surface area (Å²) in [7, 11) is 0.972. The Hall–Kier alpha value is -4.91. The maximum atomic E-state index is 14.2. The number of hydrogen-bond acceptors (Lipinski definition) is 7. The fourth-order valence-corrected chi connectivity index (χ4v) is 9.30. The highest BCUT2D eigenvalue weighted by Gasteiger charge is 2.33. The third-order valence-electron chi connectivity index (χ3n) is 10.1. The molecule has 0 radical (unpaired) electrons. The Morgan fingerprint density at radius 2 is 1.78 bits per heavy atom. The zero-order valence-corrected chi connectivity index (χ0v) is 32.3. The largest absolute Gasteiger partial charge is 0.497 e. The maximum Gasteiger partial charge on any atom is 0.354 e. The number of nitrogens with zero attached hydrogens (tertiary/aromatic N) is 4. The van der Waals surface area contributed by atoms with Gasteiger partial charge in [-0.15, -0.1) is 0 Å². The molecule has 0 spiro atoms. The van der Waals surface area contributed by atoms with Crippen LogP contribution in [0.15, 0.2) is 72.8 Å². The third-order valence-corrected chi connectivity index (χ3v) is 12.3. The number of benzene rings is 4. The van der Waals surface area contributed by atoms with Crippen LogP contribution in [0.3, 0.4) is 0 Å². The van der Waals surface area contributed by atoms with Gasteiger partial charge in [0.1, 0.15) is 23.0 Å². The minimum absolute atomic E-state index is 0.0276. The van der Waals surface area contributed by atoms with E-state index in [-0.39, 0.29) is 37.6 Å². The van der Waals surface area contributed by atoms with Gasteiger partial charge in [-0.2, -0.15) is 9.40 Å². The van der Waals surface area contributed by atoms with Crippen LogP contribution in [0.2, 0.25) is 5.02 Å². The molecule has 54 heavy (non-hydrogen) atoms. The number of methoxy groups -OCH3 is 2. The molecule has 0 N–H and O–H groups in total. The van der Waals surface area contributed by atoms with Gasteiger partial charge in [-0.1, -0.05) is 48.9 Å². The summed E-state index contributed by atoms with van der Waals surface area (Å²) in [5.74, 6) is 0.329. The predicted octanol–water partition coefficient (Wildman–Crippen LogP) is 8.09. The second-order valence-corrected chi connectivity index (χ2v) is 15.9. The Bertz CT molecular complexity index is 2480. The Balaban J connectivity index is 1.32. The summed E-state index contributed by atoms with van der Waals surface area (Å²) in [5.41, 5.74) is 5.58. The van der Waals surface area contributed by atoms with Crippen molar-refractivity contribution in [1.82, 2.24) is 18.7 Å². The Morgan fingerprint density at radius 3 is 2.52 bits per heavy atom. The van der Waals surface area contributed by atoms with E-state index < -0.39 is 16.0 Å². The van der Waals surface area contributed by atoms with Crippen LogP contribution in [0.5, 0.6) is 11.5 Å². The number of rotatable bonds is 10. The summed E-state index contributed by atoms with van der Waals surface area (Å²) >= 11 is 7.16. The van der Waals surface area contributed by atoms with Crippen molar-refractivity contribution in [3.63, 3.8) is 0 Å². The van der Waals surface area contributed by atoms with Gasteiger partial charge in [0.15, 0.2) is 0 Å². The first kappa shape index (κ1) is 37.4. The highest BCUT2D eigenvalue weighted by atomic mass is 35.5. The van der Waals surface area contributed by atoms with Gasteiger partial charge in [0.25, 0.3) is 0 Å². The van der Waals surface area contributed by atoms with Crippen LogP contribution in [0.25, 0.3) is 32.8 Å². The van der Waals surface area contributed by atoms with Gasteiger partial charge in [0.2, 0.25) is 10.0 Å². The van der Waals surface area contributed by atoms with E-state index in [1.807, 2.05) is 73.1 Å². The maximum absolute atomic E-state index is 14.2. The number of carbonyl (C=O) groups is 1. The number of fused-ring (bicyclic) bond motifs is 3. The lowest BCUT2D eigenvalue weighted by Crippen LogP contribution is -2.33. The molecule has 0 saturated heterocycles. The lowest BCUT2D eigenvalue weighted by Gasteiger charge is -2.22. The lowest BCUT2D eigenvalue weighted by atomic mass is 9.97. The smallest absolute Gasteiger partial charge is 0.354 e. The Morgan fingerprint density at radius 1 is 1.00 bits per heavy atom. The average molecular weight is 773 g/mol. The van der Waals surface area contributed by atoms with E-state index in [2.05, 4.69) is 0 Å². The van der Waals surface area contributed by atoms with Gasteiger partial charge in [0.05, 0.1) is 49.4 Å². The highest BCUT2D eigenvalue weighted by Crippen LogP contribution is 2.43. The predicted molar refractivity (Wildman–Crippen MR) is 208 cm³/mol. The monoisotopic (exact) mass is 772 g/mol. The third kappa shape index (κ3) is 7.05. The molecule has 0 amide bonds. The molecule has 7 rings (SSSR count). The quantitative estimate of drug-likeness (QED) is 0.102. The van der Waals surface area contributed by atoms with E-state index >= 15 is 0 Å². The van der Waals surface area contributed by atoms with E-state index in [1.54, 1.807) is 17.9 Å². The van der Waals surface area contributed by atoms with Crippen molar-refractivity contribution in [2.45, 2.75) is 52.2 Å². The molecule has 10 nitrogen and oxygen atoms in total. The summed E-state index contributed by atoms with van der Waals surface area (Å²) in [6.45, 7) is 2.76. The van der Waals surface area contributed by atoms with Crippen molar-refractivity contribution < 1.29 is 31.8 Å². The Labute approximate surface area is 319 Å². The molecular weight excluding hydrogens is 731 g/mol. The van der Waals surface area contributed by atoms with E-state index in [9.17, 15) is 17.6 Å². The van der Waals surface area contributed by atoms with Crippen LogP contribution >= 0.6 is 11.6 Å². The fourth-order valence-electron chi connectivity index (χ4n) is 7.63. The minimum Gasteiger partial charge on any atom is -0.497 e. The second kappa shape index (κ2) is 15.4. The van der Waals surface area contributed by atoms with Crippen LogP contribution in [-0.2, 0) is 54.3 Å². The zero-order valence-electron chi connectivity index (χ0n) is 30.7. The van der Waals surface area contributed by atoms with E-state index in [0.29, 0.717) is 59.3 Å². The normalized spacial score (nSPS) is 14.5. The van der Waals surface area contributed by atoms with Gasteiger partial charge in [-0.05, 0) is 84.7 Å². The summed E-state index contributed by atoms with van der Waals surface area (Å²) < 4.78 is 64.3. The highest BCUT2D eigenvalue weighted by molar-refractivity contribution is 7.89. The molecule has 1 aliphatic rings.